The van der Waals surface area contributed by atoms with Crippen molar-refractivity contribution < 1.29 is 19.2 Å². The molecule has 40 heavy (non-hydrogen) atoms. The van der Waals surface area contributed by atoms with Gasteiger partial charge in [-0.25, -0.2) is 4.39 Å². The number of piperidine rings is 1. The number of nitrogens with two attached hydrogens (primary N) is 1. The lowest BCUT2D eigenvalue weighted by Crippen LogP contribution is -2.73. The summed E-state index contributed by atoms with van der Waals surface area (Å²) >= 11 is 0. The maximum atomic E-state index is 14.2. The average molecular weight is 550 g/mol. The summed E-state index contributed by atoms with van der Waals surface area (Å²) in [5, 5.41) is 20.6. The Morgan fingerprint density at radius 1 is 1.30 bits per heavy atom. The van der Waals surface area contributed by atoms with Crippen LogP contribution in [-0.2, 0) is 0 Å². The lowest BCUT2D eigenvalue weighted by atomic mass is 9.96. The minimum Gasteiger partial charge on any atom is -0.432 e. The van der Waals surface area contributed by atoms with E-state index in [-0.39, 0.29) is 5.91 Å². The molecular weight excluding hydrogens is 511 g/mol. The molecule has 1 aliphatic heterocycles. The fourth-order valence-corrected chi connectivity index (χ4v) is 4.88. The molecule has 5 rings (SSSR count). The number of likely N-dealkylation sites (tertiary alicyclic amines) is 1. The number of aromatic nitrogens is 3. The van der Waals surface area contributed by atoms with E-state index in [2.05, 4.69) is 20.6 Å². The molecule has 212 valence electrons. The molecule has 1 aliphatic carbocycles. The van der Waals surface area contributed by atoms with E-state index in [1.807, 2.05) is 32.2 Å². The summed E-state index contributed by atoms with van der Waals surface area (Å²) < 4.78 is 21.9. The minimum absolute atomic E-state index is 0.0461. The number of carbonyl (C=O) groups is 1. The van der Waals surface area contributed by atoms with E-state index in [1.54, 1.807) is 35.2 Å². The first-order valence-corrected chi connectivity index (χ1v) is 13.9. The molecule has 0 atom stereocenters. The van der Waals surface area contributed by atoms with Crippen molar-refractivity contribution in [3.63, 3.8) is 0 Å². The van der Waals surface area contributed by atoms with Crippen molar-refractivity contribution in [2.45, 2.75) is 51.2 Å². The van der Waals surface area contributed by atoms with Crippen LogP contribution in [0.4, 0.5) is 10.2 Å². The van der Waals surface area contributed by atoms with Crippen LogP contribution in [0.5, 0.6) is 5.88 Å². The summed E-state index contributed by atoms with van der Waals surface area (Å²) in [7, 11) is 1.86. The van der Waals surface area contributed by atoms with Gasteiger partial charge < -0.3 is 31.0 Å². The van der Waals surface area contributed by atoms with E-state index in [9.17, 15) is 9.18 Å². The van der Waals surface area contributed by atoms with E-state index >= 15 is 0 Å². The molecule has 1 aromatic carbocycles. The van der Waals surface area contributed by atoms with Crippen LogP contribution in [-0.4, -0.2) is 76.6 Å². The number of amides is 1. The fraction of sp³-hybridized carbons (Fsp3) is 0.448. The van der Waals surface area contributed by atoms with Gasteiger partial charge in [0.1, 0.15) is 17.7 Å². The van der Waals surface area contributed by atoms with Crippen molar-refractivity contribution in [2.24, 2.45) is 0 Å². The molecule has 3 aromatic rings. The Hall–Kier alpha value is -3.83. The highest BCUT2D eigenvalue weighted by Crippen LogP contribution is 2.30. The normalized spacial score (nSPS) is 17.6. The van der Waals surface area contributed by atoms with Gasteiger partial charge in [-0.1, -0.05) is 12.1 Å². The number of fused-ring (bicyclic) bond motifs is 1. The van der Waals surface area contributed by atoms with Crippen LogP contribution < -0.4 is 20.7 Å². The molecule has 1 amide bonds. The predicted molar refractivity (Wildman–Crippen MR) is 153 cm³/mol. The van der Waals surface area contributed by atoms with Crippen LogP contribution >= 0.6 is 0 Å². The quantitative estimate of drug-likeness (QED) is 0.215. The van der Waals surface area contributed by atoms with Gasteiger partial charge >= 0.3 is 0 Å². The van der Waals surface area contributed by atoms with E-state index in [1.165, 1.54) is 0 Å². The van der Waals surface area contributed by atoms with Crippen molar-refractivity contribution in [1.82, 2.24) is 24.8 Å². The fourth-order valence-electron chi connectivity index (χ4n) is 4.88. The lowest BCUT2D eigenvalue weighted by molar-refractivity contribution is -0.557. The number of benzene rings is 1. The summed E-state index contributed by atoms with van der Waals surface area (Å²) in [6.07, 6.45) is 7.76. The van der Waals surface area contributed by atoms with E-state index in [0.29, 0.717) is 54.1 Å². The number of quaternary nitrogens is 1. The molecule has 10 nitrogen and oxygen atoms in total. The highest BCUT2D eigenvalue weighted by atomic mass is 19.1. The first kappa shape index (κ1) is 27.7. The lowest BCUT2D eigenvalue weighted by Gasteiger charge is -2.34. The van der Waals surface area contributed by atoms with Gasteiger partial charge in [-0.2, -0.15) is 14.6 Å². The van der Waals surface area contributed by atoms with Crippen molar-refractivity contribution >= 4 is 23.6 Å². The maximum absolute atomic E-state index is 14.2. The second kappa shape index (κ2) is 11.7. The number of nitrogens with one attached hydrogen (secondary N) is 3. The Morgan fingerprint density at radius 3 is 2.75 bits per heavy atom. The van der Waals surface area contributed by atoms with Crippen molar-refractivity contribution in [1.29, 1.82) is 5.41 Å². The minimum atomic E-state index is -1.08. The Bertz CT molecular complexity index is 1420. The molecule has 0 spiro atoms. The Morgan fingerprint density at radius 2 is 2.08 bits per heavy atom. The van der Waals surface area contributed by atoms with Gasteiger partial charge in [0.05, 0.1) is 19.5 Å². The number of halogens is 1. The van der Waals surface area contributed by atoms with Gasteiger partial charge in [-0.3, -0.25) is 4.79 Å². The topological polar surface area (TPSA) is 124 Å². The Labute approximate surface area is 233 Å². The summed E-state index contributed by atoms with van der Waals surface area (Å²) in [6.45, 7) is 6.48. The zero-order valence-electron chi connectivity index (χ0n) is 23.3. The molecule has 0 radical (unpaired) electrons. The van der Waals surface area contributed by atoms with E-state index in [0.717, 1.165) is 55.4 Å². The molecule has 0 unspecified atom stereocenters. The number of ether oxygens (including phenoxy) is 1. The van der Waals surface area contributed by atoms with E-state index < -0.39 is 5.67 Å². The number of alkyl halides is 1. The number of rotatable bonds is 11. The van der Waals surface area contributed by atoms with Crippen LogP contribution in [0.2, 0.25) is 0 Å². The molecule has 2 aromatic heterocycles. The standard InChI is InChI=1S/C29H37FN8O2/c1-19-14-20(4-7-23(19)28(39)35-21-5-6-21)24-18-34-38-25(33-10-13-37-11-8-29(2,30)9-12-37)15-26(36-27(24)38)40-22(16-31)17-32-3/h4,7,14-18,21,31-33H,5-6,8-13H2,1-3H3,(H,35,39)/p+1/b22-17+,31-16?. The third kappa shape index (κ3) is 6.48. The summed E-state index contributed by atoms with van der Waals surface area (Å²) in [5.41, 5.74) is 2.73. The molecule has 1 saturated carbocycles. The van der Waals surface area contributed by atoms with Crippen LogP contribution in [0, 0.1) is 12.3 Å². The van der Waals surface area contributed by atoms with E-state index in [4.69, 9.17) is 15.1 Å². The summed E-state index contributed by atoms with van der Waals surface area (Å²) in [5.74, 6) is 1.34. The molecule has 11 heteroatoms. The van der Waals surface area contributed by atoms with Gasteiger partial charge in [0.25, 0.3) is 5.91 Å². The van der Waals surface area contributed by atoms with Gasteiger partial charge in [0, 0.05) is 49.4 Å². The highest BCUT2D eigenvalue weighted by Gasteiger charge is 2.29. The number of hydrogen-bond donors (Lipinski definition) is 4. The third-order valence-corrected chi connectivity index (χ3v) is 7.47. The molecular formula is C29H38FN8O2+. The van der Waals surface area contributed by atoms with Crippen LogP contribution in [0.25, 0.3) is 16.8 Å². The third-order valence-electron chi connectivity index (χ3n) is 7.47. The number of aryl methyl sites for hydroxylation is 1. The van der Waals surface area contributed by atoms with Crippen LogP contribution in [0.15, 0.2) is 42.4 Å². The summed E-state index contributed by atoms with van der Waals surface area (Å²) in [4.78, 5) is 19.6. The molecule has 5 N–H and O–H groups in total. The molecule has 2 aliphatic rings. The average Bonchev–Trinajstić information content (AvgIpc) is 3.64. The SMILES string of the molecule is C[NH2+]/C=C(\C=N)Oc1cc(NCCN2CCC(C)(F)CC2)n2ncc(-c3ccc(C(=O)NC4CC4)c(C)c3)c2n1. The predicted octanol–water partition coefficient (Wildman–Crippen LogP) is 2.90. The van der Waals surface area contributed by atoms with Gasteiger partial charge in [-0.15, -0.1) is 0 Å². The Balaban J connectivity index is 1.42. The van der Waals surface area contributed by atoms with Crippen molar-refractivity contribution in [3.05, 3.63) is 53.5 Å². The first-order valence-electron chi connectivity index (χ1n) is 13.9. The first-order chi connectivity index (χ1) is 19.3. The number of carbonyl (C=O) groups excluding carboxylic acids is 1. The Kier molecular flexibility index (Phi) is 8.13. The highest BCUT2D eigenvalue weighted by molar-refractivity contribution is 5.97. The van der Waals surface area contributed by atoms with Crippen LogP contribution in [0.1, 0.15) is 48.5 Å². The maximum Gasteiger partial charge on any atom is 0.251 e. The zero-order valence-corrected chi connectivity index (χ0v) is 23.3. The smallest absolute Gasteiger partial charge is 0.251 e. The number of anilines is 1. The number of hydrogen-bond acceptors (Lipinski definition) is 7. The van der Waals surface area contributed by atoms with Gasteiger partial charge in [0.15, 0.2) is 11.4 Å². The van der Waals surface area contributed by atoms with Gasteiger partial charge in [-0.05, 0) is 56.7 Å². The summed E-state index contributed by atoms with van der Waals surface area (Å²) in [6, 6.07) is 7.80. The second-order valence-electron chi connectivity index (χ2n) is 10.9. The molecule has 1 saturated heterocycles. The van der Waals surface area contributed by atoms with Crippen LogP contribution in [0.3, 0.4) is 0 Å². The molecule has 2 fully saturated rings. The van der Waals surface area contributed by atoms with Crippen molar-refractivity contribution in [3.8, 4) is 17.0 Å². The van der Waals surface area contributed by atoms with Gasteiger partial charge in [0.2, 0.25) is 5.88 Å². The molecule has 3 heterocycles. The molecule has 0 bridgehead atoms. The zero-order chi connectivity index (χ0) is 28.3. The number of nitrogens with zero attached hydrogens (tertiary/aromatic N) is 4. The number of allylic oxidation sites excluding steroid dienone is 1. The monoisotopic (exact) mass is 549 g/mol. The van der Waals surface area contributed by atoms with Crippen molar-refractivity contribution in [2.75, 3.05) is 38.5 Å². The largest absolute Gasteiger partial charge is 0.432 e. The second-order valence-corrected chi connectivity index (χ2v) is 10.9.